The SMILES string of the molecule is O=C(c1ccccc1)c1scc(Br)c1[N+](=O)[O-]. The lowest BCUT2D eigenvalue weighted by atomic mass is 10.1. The topological polar surface area (TPSA) is 60.2 Å². The maximum atomic E-state index is 12.1. The van der Waals surface area contributed by atoms with Crippen molar-refractivity contribution >= 4 is 38.7 Å². The van der Waals surface area contributed by atoms with Crippen LogP contribution in [0.1, 0.15) is 15.2 Å². The molecule has 0 N–H and O–H groups in total. The van der Waals surface area contributed by atoms with Gasteiger partial charge in [0, 0.05) is 10.9 Å². The molecule has 2 aromatic rings. The molecule has 0 fully saturated rings. The van der Waals surface area contributed by atoms with Gasteiger partial charge in [-0.1, -0.05) is 30.3 Å². The number of rotatable bonds is 3. The van der Waals surface area contributed by atoms with Gasteiger partial charge in [-0.2, -0.15) is 0 Å². The highest BCUT2D eigenvalue weighted by Crippen LogP contribution is 2.35. The number of thiophene rings is 1. The number of benzene rings is 1. The van der Waals surface area contributed by atoms with Crippen molar-refractivity contribution in [3.05, 3.63) is 60.7 Å². The summed E-state index contributed by atoms with van der Waals surface area (Å²) in [7, 11) is 0. The lowest BCUT2D eigenvalue weighted by Crippen LogP contribution is -2.02. The van der Waals surface area contributed by atoms with Gasteiger partial charge in [-0.05, 0) is 15.9 Å². The summed E-state index contributed by atoms with van der Waals surface area (Å²) < 4.78 is 0.340. The summed E-state index contributed by atoms with van der Waals surface area (Å²) >= 11 is 4.14. The van der Waals surface area contributed by atoms with Crippen LogP contribution in [0.3, 0.4) is 0 Å². The van der Waals surface area contributed by atoms with Crippen LogP contribution in [0.15, 0.2) is 40.2 Å². The summed E-state index contributed by atoms with van der Waals surface area (Å²) in [6.07, 6.45) is 0. The number of carbonyl (C=O) groups is 1. The average molecular weight is 312 g/mol. The van der Waals surface area contributed by atoms with Crippen molar-refractivity contribution in [1.29, 1.82) is 0 Å². The van der Waals surface area contributed by atoms with E-state index in [2.05, 4.69) is 15.9 Å². The number of halogens is 1. The normalized spacial score (nSPS) is 10.2. The van der Waals surface area contributed by atoms with E-state index >= 15 is 0 Å². The van der Waals surface area contributed by atoms with Gasteiger partial charge < -0.3 is 0 Å². The van der Waals surface area contributed by atoms with Gasteiger partial charge in [0.15, 0.2) is 4.88 Å². The summed E-state index contributed by atoms with van der Waals surface area (Å²) in [5, 5.41) is 12.4. The standard InChI is InChI=1S/C11H6BrNO3S/c12-8-6-17-11(9(8)13(15)16)10(14)7-4-2-1-3-5-7/h1-6H. The number of ketones is 1. The Balaban J connectivity index is 2.49. The predicted octanol–water partition coefficient (Wildman–Crippen LogP) is 3.65. The summed E-state index contributed by atoms with van der Waals surface area (Å²) in [6, 6.07) is 8.51. The Hall–Kier alpha value is -1.53. The van der Waals surface area contributed by atoms with Crippen molar-refractivity contribution in [2.24, 2.45) is 0 Å². The van der Waals surface area contributed by atoms with Gasteiger partial charge in [-0.15, -0.1) is 11.3 Å². The molecule has 0 aliphatic heterocycles. The Morgan fingerprint density at radius 1 is 1.29 bits per heavy atom. The van der Waals surface area contributed by atoms with Gasteiger partial charge in [-0.25, -0.2) is 0 Å². The maximum Gasteiger partial charge on any atom is 0.305 e. The smallest absolute Gasteiger partial charge is 0.287 e. The number of hydrogen-bond acceptors (Lipinski definition) is 4. The lowest BCUT2D eigenvalue weighted by molar-refractivity contribution is -0.385. The predicted molar refractivity (Wildman–Crippen MR) is 68.5 cm³/mol. The minimum Gasteiger partial charge on any atom is -0.287 e. The molecular weight excluding hydrogens is 306 g/mol. The Morgan fingerprint density at radius 2 is 1.94 bits per heavy atom. The molecule has 1 aromatic carbocycles. The highest BCUT2D eigenvalue weighted by Gasteiger charge is 2.26. The third kappa shape index (κ3) is 2.27. The van der Waals surface area contributed by atoms with Crippen LogP contribution in [0, 0.1) is 10.1 Å². The fraction of sp³-hybridized carbons (Fsp3) is 0. The molecule has 0 spiro atoms. The molecule has 0 saturated carbocycles. The Kier molecular flexibility index (Phi) is 3.35. The van der Waals surface area contributed by atoms with Crippen molar-refractivity contribution in [1.82, 2.24) is 0 Å². The molecular formula is C11H6BrNO3S. The first-order chi connectivity index (χ1) is 8.11. The number of nitrogens with zero attached hydrogens (tertiary/aromatic N) is 1. The highest BCUT2D eigenvalue weighted by atomic mass is 79.9. The minimum atomic E-state index is -0.545. The van der Waals surface area contributed by atoms with Crippen molar-refractivity contribution in [2.45, 2.75) is 0 Å². The first-order valence-electron chi connectivity index (χ1n) is 4.62. The second-order valence-electron chi connectivity index (χ2n) is 3.21. The molecule has 17 heavy (non-hydrogen) atoms. The molecule has 0 aliphatic rings. The quantitative estimate of drug-likeness (QED) is 0.494. The van der Waals surface area contributed by atoms with Crippen molar-refractivity contribution in [3.8, 4) is 0 Å². The van der Waals surface area contributed by atoms with Crippen LogP contribution in [-0.2, 0) is 0 Å². The largest absolute Gasteiger partial charge is 0.305 e. The second-order valence-corrected chi connectivity index (χ2v) is 4.95. The third-order valence-electron chi connectivity index (χ3n) is 2.15. The highest BCUT2D eigenvalue weighted by molar-refractivity contribution is 9.10. The summed E-state index contributed by atoms with van der Waals surface area (Å²) in [4.78, 5) is 22.5. The van der Waals surface area contributed by atoms with E-state index in [9.17, 15) is 14.9 Å². The molecule has 6 heteroatoms. The van der Waals surface area contributed by atoms with Crippen molar-refractivity contribution in [3.63, 3.8) is 0 Å². The molecule has 4 nitrogen and oxygen atoms in total. The average Bonchev–Trinajstić information content (AvgIpc) is 2.71. The molecule has 2 rings (SSSR count). The van der Waals surface area contributed by atoms with Gasteiger partial charge in [-0.3, -0.25) is 14.9 Å². The van der Waals surface area contributed by atoms with E-state index in [0.29, 0.717) is 10.0 Å². The summed E-state index contributed by atoms with van der Waals surface area (Å²) in [6.45, 7) is 0. The van der Waals surface area contributed by atoms with Crippen LogP contribution in [-0.4, -0.2) is 10.7 Å². The van der Waals surface area contributed by atoms with Gasteiger partial charge in [0.05, 0.1) is 4.92 Å². The van der Waals surface area contributed by atoms with E-state index in [0.717, 1.165) is 11.3 Å². The number of carbonyl (C=O) groups excluding carboxylic acids is 1. The lowest BCUT2D eigenvalue weighted by Gasteiger charge is -1.97. The molecule has 1 aromatic heterocycles. The van der Waals surface area contributed by atoms with Crippen molar-refractivity contribution < 1.29 is 9.72 Å². The molecule has 0 saturated heterocycles. The van der Waals surface area contributed by atoms with E-state index in [4.69, 9.17) is 0 Å². The number of hydrogen-bond donors (Lipinski definition) is 0. The van der Waals surface area contributed by atoms with E-state index in [1.165, 1.54) is 0 Å². The van der Waals surface area contributed by atoms with Gasteiger partial charge in [0.2, 0.25) is 5.78 Å². The van der Waals surface area contributed by atoms with E-state index < -0.39 is 4.92 Å². The Labute approximate surface area is 109 Å². The van der Waals surface area contributed by atoms with Crippen LogP contribution in [0.2, 0.25) is 0 Å². The van der Waals surface area contributed by atoms with Crippen LogP contribution >= 0.6 is 27.3 Å². The molecule has 0 amide bonds. The first kappa shape index (κ1) is 11.9. The fourth-order valence-electron chi connectivity index (χ4n) is 1.38. The molecule has 0 bridgehead atoms. The zero-order valence-electron chi connectivity index (χ0n) is 8.42. The maximum absolute atomic E-state index is 12.1. The third-order valence-corrected chi connectivity index (χ3v) is 4.02. The molecule has 86 valence electrons. The molecule has 0 atom stereocenters. The molecule has 0 aliphatic carbocycles. The first-order valence-corrected chi connectivity index (χ1v) is 6.29. The van der Waals surface area contributed by atoms with Gasteiger partial charge in [0.1, 0.15) is 4.47 Å². The number of nitro groups is 1. The minimum absolute atomic E-state index is 0.146. The fourth-order valence-corrected chi connectivity index (χ4v) is 2.99. The van der Waals surface area contributed by atoms with Crippen molar-refractivity contribution in [2.75, 3.05) is 0 Å². The Bertz CT molecular complexity index is 580. The summed E-state index contributed by atoms with van der Waals surface area (Å²) in [5.74, 6) is -0.326. The zero-order chi connectivity index (χ0) is 12.4. The molecule has 0 unspecified atom stereocenters. The van der Waals surface area contributed by atoms with Gasteiger partial charge in [0.25, 0.3) is 0 Å². The van der Waals surface area contributed by atoms with E-state index in [-0.39, 0.29) is 16.3 Å². The Morgan fingerprint density at radius 3 is 2.53 bits per heavy atom. The molecule has 1 heterocycles. The summed E-state index contributed by atoms with van der Waals surface area (Å²) in [5.41, 5.74) is 0.286. The zero-order valence-corrected chi connectivity index (χ0v) is 10.8. The second kappa shape index (κ2) is 4.77. The van der Waals surface area contributed by atoms with Crippen LogP contribution in [0.5, 0.6) is 0 Å². The van der Waals surface area contributed by atoms with Crippen LogP contribution < -0.4 is 0 Å². The van der Waals surface area contributed by atoms with E-state index in [1.807, 2.05) is 0 Å². The monoisotopic (exact) mass is 311 g/mol. The van der Waals surface area contributed by atoms with Crippen LogP contribution in [0.25, 0.3) is 0 Å². The van der Waals surface area contributed by atoms with Gasteiger partial charge >= 0.3 is 5.69 Å². The molecule has 0 radical (unpaired) electrons. The van der Waals surface area contributed by atoms with Crippen LogP contribution in [0.4, 0.5) is 5.69 Å². The van der Waals surface area contributed by atoms with E-state index in [1.54, 1.807) is 35.7 Å².